The fraction of sp³-hybridized carbons (Fsp3) is 0.375. The Morgan fingerprint density at radius 2 is 2.10 bits per heavy atom. The molecule has 5 nitrogen and oxygen atoms in total. The second-order valence-corrected chi connectivity index (χ2v) is 4.78. The number of hydrogen-bond donors (Lipinski definition) is 1. The first-order valence-electron chi connectivity index (χ1n) is 7.13. The fourth-order valence-electron chi connectivity index (χ4n) is 1.87. The van der Waals surface area contributed by atoms with Gasteiger partial charge in [0.2, 0.25) is 0 Å². The van der Waals surface area contributed by atoms with Gasteiger partial charge in [-0.2, -0.15) is 0 Å². The molecule has 0 bridgehead atoms. The molecule has 2 aromatic rings. The highest BCUT2D eigenvalue weighted by atomic mass is 16.5. The van der Waals surface area contributed by atoms with Crippen molar-refractivity contribution in [2.24, 2.45) is 0 Å². The molecule has 0 unspecified atom stereocenters. The molecule has 0 saturated heterocycles. The maximum absolute atomic E-state index is 12.1. The first-order chi connectivity index (χ1) is 10.2. The Morgan fingerprint density at radius 1 is 1.33 bits per heavy atom. The molecule has 0 atom stereocenters. The van der Waals surface area contributed by atoms with E-state index >= 15 is 0 Å². The van der Waals surface area contributed by atoms with Crippen LogP contribution in [0.2, 0.25) is 0 Å². The average molecular weight is 288 g/mol. The molecule has 1 aromatic heterocycles. The summed E-state index contributed by atoms with van der Waals surface area (Å²) in [5.41, 5.74) is 0.993. The van der Waals surface area contributed by atoms with Gasteiger partial charge < -0.3 is 14.6 Å². The number of hydrogen-bond acceptors (Lipinski definition) is 4. The van der Waals surface area contributed by atoms with Crippen molar-refractivity contribution in [3.8, 4) is 5.75 Å². The summed E-state index contributed by atoms with van der Waals surface area (Å²) < 4.78 is 10.8. The summed E-state index contributed by atoms with van der Waals surface area (Å²) >= 11 is 0. The van der Waals surface area contributed by atoms with Crippen LogP contribution >= 0.6 is 0 Å². The van der Waals surface area contributed by atoms with Gasteiger partial charge in [0.15, 0.2) is 5.69 Å². The van der Waals surface area contributed by atoms with E-state index in [1.807, 2.05) is 30.3 Å². The number of amides is 1. The van der Waals surface area contributed by atoms with Crippen LogP contribution in [0.5, 0.6) is 5.75 Å². The highest BCUT2D eigenvalue weighted by Crippen LogP contribution is 2.17. The van der Waals surface area contributed by atoms with Gasteiger partial charge in [-0.3, -0.25) is 4.79 Å². The Kier molecular flexibility index (Phi) is 5.37. The van der Waals surface area contributed by atoms with Gasteiger partial charge in [-0.15, -0.1) is 0 Å². The molecule has 21 heavy (non-hydrogen) atoms. The number of benzene rings is 1. The van der Waals surface area contributed by atoms with Gasteiger partial charge in [0.05, 0.1) is 5.56 Å². The molecule has 0 saturated carbocycles. The number of nitrogens with one attached hydrogen (secondary N) is 1. The molecule has 112 valence electrons. The second kappa shape index (κ2) is 7.47. The number of nitrogens with zero attached hydrogens (tertiary/aromatic N) is 1. The van der Waals surface area contributed by atoms with Crippen LogP contribution < -0.4 is 10.1 Å². The highest BCUT2D eigenvalue weighted by molar-refractivity contribution is 5.93. The van der Waals surface area contributed by atoms with Crippen LogP contribution in [0.1, 0.15) is 41.6 Å². The molecular formula is C16H20N2O3. The molecule has 0 aliphatic carbocycles. The van der Waals surface area contributed by atoms with Crippen molar-refractivity contribution in [1.29, 1.82) is 0 Å². The molecule has 1 N–H and O–H groups in total. The number of unbranched alkanes of at least 4 members (excludes halogenated alkanes) is 1. The quantitative estimate of drug-likeness (QED) is 0.795. The highest BCUT2D eigenvalue weighted by Gasteiger charge is 2.19. The Hall–Kier alpha value is -2.30. The molecule has 0 aliphatic heterocycles. The SMILES string of the molecule is CCCCNC(=O)c1noc(C)c1COc1ccccc1. The molecule has 1 heterocycles. The number of para-hydroxylation sites is 1. The zero-order valence-corrected chi connectivity index (χ0v) is 12.4. The van der Waals surface area contributed by atoms with Crippen LogP contribution in [0.4, 0.5) is 0 Å². The molecule has 2 rings (SSSR count). The summed E-state index contributed by atoms with van der Waals surface area (Å²) in [5.74, 6) is 1.13. The minimum atomic E-state index is -0.216. The van der Waals surface area contributed by atoms with E-state index in [0.717, 1.165) is 18.6 Å². The van der Waals surface area contributed by atoms with E-state index in [1.54, 1.807) is 6.92 Å². The van der Waals surface area contributed by atoms with Crippen LogP contribution in [0.25, 0.3) is 0 Å². The van der Waals surface area contributed by atoms with E-state index in [0.29, 0.717) is 23.6 Å². The predicted octanol–water partition coefficient (Wildman–Crippen LogP) is 3.09. The molecule has 0 radical (unpaired) electrons. The van der Waals surface area contributed by atoms with E-state index in [2.05, 4.69) is 17.4 Å². The maximum Gasteiger partial charge on any atom is 0.273 e. The van der Waals surface area contributed by atoms with Crippen LogP contribution in [0.15, 0.2) is 34.9 Å². The molecule has 5 heteroatoms. The van der Waals surface area contributed by atoms with Crippen LogP contribution in [0, 0.1) is 6.92 Å². The maximum atomic E-state index is 12.1. The van der Waals surface area contributed by atoms with Crippen molar-refractivity contribution in [2.75, 3.05) is 6.54 Å². The molecule has 0 fully saturated rings. The number of aryl methyl sites for hydroxylation is 1. The monoisotopic (exact) mass is 288 g/mol. The molecule has 1 aromatic carbocycles. The van der Waals surface area contributed by atoms with Crippen molar-refractivity contribution in [2.45, 2.75) is 33.3 Å². The van der Waals surface area contributed by atoms with Crippen molar-refractivity contribution in [3.63, 3.8) is 0 Å². The topological polar surface area (TPSA) is 64.4 Å². The van der Waals surface area contributed by atoms with E-state index in [-0.39, 0.29) is 12.5 Å². The van der Waals surface area contributed by atoms with E-state index < -0.39 is 0 Å². The first-order valence-corrected chi connectivity index (χ1v) is 7.13. The van der Waals surface area contributed by atoms with E-state index in [9.17, 15) is 4.79 Å². The number of aromatic nitrogens is 1. The predicted molar refractivity (Wildman–Crippen MR) is 79.3 cm³/mol. The molecule has 0 spiro atoms. The molecule has 0 aliphatic rings. The average Bonchev–Trinajstić information content (AvgIpc) is 2.87. The summed E-state index contributed by atoms with van der Waals surface area (Å²) in [6, 6.07) is 9.44. The third kappa shape index (κ3) is 4.08. The second-order valence-electron chi connectivity index (χ2n) is 4.78. The Labute approximate surface area is 124 Å². The summed E-state index contributed by atoms with van der Waals surface area (Å²) in [6.07, 6.45) is 1.97. The summed E-state index contributed by atoms with van der Waals surface area (Å²) in [5, 5.41) is 6.67. The third-order valence-electron chi connectivity index (χ3n) is 3.14. The summed E-state index contributed by atoms with van der Waals surface area (Å²) in [6.45, 7) is 4.75. The summed E-state index contributed by atoms with van der Waals surface area (Å²) in [4.78, 5) is 12.1. The zero-order chi connectivity index (χ0) is 15.1. The standard InChI is InChI=1S/C16H20N2O3/c1-3-4-10-17-16(19)15-14(12(2)21-18-15)11-20-13-8-6-5-7-9-13/h5-9H,3-4,10-11H2,1-2H3,(H,17,19). The van der Waals surface area contributed by atoms with E-state index in [1.165, 1.54) is 0 Å². The van der Waals surface area contributed by atoms with Gasteiger partial charge in [-0.05, 0) is 25.5 Å². The van der Waals surface area contributed by atoms with Crippen molar-refractivity contribution in [3.05, 3.63) is 47.3 Å². The Bertz CT molecular complexity index is 578. The Morgan fingerprint density at radius 3 is 2.81 bits per heavy atom. The number of ether oxygens (including phenoxy) is 1. The number of rotatable bonds is 7. The fourth-order valence-corrected chi connectivity index (χ4v) is 1.87. The number of carbonyl (C=O) groups excluding carboxylic acids is 1. The van der Waals surface area contributed by atoms with Gasteiger partial charge >= 0.3 is 0 Å². The Balaban J connectivity index is 2.02. The van der Waals surface area contributed by atoms with E-state index in [4.69, 9.17) is 9.26 Å². The van der Waals surface area contributed by atoms with Gasteiger partial charge in [-0.1, -0.05) is 36.7 Å². The summed E-state index contributed by atoms with van der Waals surface area (Å²) in [7, 11) is 0. The molecule has 1 amide bonds. The molecular weight excluding hydrogens is 268 g/mol. The van der Waals surface area contributed by atoms with Crippen LogP contribution in [-0.2, 0) is 6.61 Å². The minimum Gasteiger partial charge on any atom is -0.489 e. The van der Waals surface area contributed by atoms with Gasteiger partial charge in [0.1, 0.15) is 18.1 Å². The lowest BCUT2D eigenvalue weighted by Crippen LogP contribution is -2.26. The van der Waals surface area contributed by atoms with Crippen molar-refractivity contribution >= 4 is 5.91 Å². The third-order valence-corrected chi connectivity index (χ3v) is 3.14. The van der Waals surface area contributed by atoms with Gasteiger partial charge in [-0.25, -0.2) is 0 Å². The van der Waals surface area contributed by atoms with Crippen molar-refractivity contribution < 1.29 is 14.1 Å². The smallest absolute Gasteiger partial charge is 0.273 e. The normalized spacial score (nSPS) is 10.4. The van der Waals surface area contributed by atoms with Crippen LogP contribution in [-0.4, -0.2) is 17.6 Å². The largest absolute Gasteiger partial charge is 0.489 e. The van der Waals surface area contributed by atoms with Crippen molar-refractivity contribution in [1.82, 2.24) is 10.5 Å². The van der Waals surface area contributed by atoms with Gasteiger partial charge in [0.25, 0.3) is 5.91 Å². The lowest BCUT2D eigenvalue weighted by atomic mass is 10.2. The number of carbonyl (C=O) groups is 1. The van der Waals surface area contributed by atoms with Gasteiger partial charge in [0, 0.05) is 6.54 Å². The van der Waals surface area contributed by atoms with Crippen LogP contribution in [0.3, 0.4) is 0 Å². The lowest BCUT2D eigenvalue weighted by Gasteiger charge is -2.07. The first kappa shape index (κ1) is 15.1. The lowest BCUT2D eigenvalue weighted by molar-refractivity contribution is 0.0942. The zero-order valence-electron chi connectivity index (χ0n) is 12.4. The minimum absolute atomic E-state index is 0.216.